The van der Waals surface area contributed by atoms with Crippen molar-refractivity contribution in [2.45, 2.75) is 39.0 Å². The molecule has 0 aromatic carbocycles. The van der Waals surface area contributed by atoms with Gasteiger partial charge in [0.1, 0.15) is 0 Å². The van der Waals surface area contributed by atoms with Crippen molar-refractivity contribution in [2.24, 2.45) is 0 Å². The summed E-state index contributed by atoms with van der Waals surface area (Å²) in [5, 5.41) is 12.5. The molecule has 0 aliphatic rings. The van der Waals surface area contributed by atoms with Crippen molar-refractivity contribution in [1.29, 1.82) is 0 Å². The van der Waals surface area contributed by atoms with Crippen LogP contribution in [0.15, 0.2) is 4.52 Å². The Hall–Kier alpha value is -1.15. The maximum absolute atomic E-state index is 12.1. The molecule has 110 valence electrons. The molecule has 1 heterocycles. The van der Waals surface area contributed by atoms with Gasteiger partial charge in [-0.15, -0.1) is 0 Å². The van der Waals surface area contributed by atoms with E-state index in [2.05, 4.69) is 15.0 Å². The van der Waals surface area contributed by atoms with Crippen LogP contribution in [0, 0.1) is 0 Å². The van der Waals surface area contributed by atoms with Crippen LogP contribution >= 0.6 is 0 Å². The Kier molecular flexibility index (Phi) is 5.74. The van der Waals surface area contributed by atoms with Crippen molar-refractivity contribution in [1.82, 2.24) is 15.0 Å². The second kappa shape index (κ2) is 6.85. The molecule has 1 unspecified atom stereocenters. The monoisotopic (exact) mass is 281 g/mol. The van der Waals surface area contributed by atoms with Crippen LogP contribution in [0.3, 0.4) is 0 Å². The predicted molar refractivity (Wildman–Crippen MR) is 61.6 cm³/mol. The van der Waals surface area contributed by atoms with E-state index in [0.29, 0.717) is 18.8 Å². The number of aliphatic hydroxyl groups is 1. The lowest BCUT2D eigenvalue weighted by atomic mass is 10.2. The van der Waals surface area contributed by atoms with E-state index in [9.17, 15) is 13.2 Å². The highest BCUT2D eigenvalue weighted by atomic mass is 19.4. The zero-order valence-corrected chi connectivity index (χ0v) is 10.9. The van der Waals surface area contributed by atoms with Gasteiger partial charge in [-0.05, 0) is 13.1 Å². The van der Waals surface area contributed by atoms with Crippen molar-refractivity contribution in [2.75, 3.05) is 19.6 Å². The van der Waals surface area contributed by atoms with Gasteiger partial charge in [-0.1, -0.05) is 19.0 Å². The molecule has 1 atom stereocenters. The van der Waals surface area contributed by atoms with Gasteiger partial charge in [-0.25, -0.2) is 0 Å². The van der Waals surface area contributed by atoms with E-state index >= 15 is 0 Å². The fraction of sp³-hybridized carbons (Fsp3) is 0.818. The van der Waals surface area contributed by atoms with Crippen LogP contribution in [-0.4, -0.2) is 52.1 Å². The Balaban J connectivity index is 2.48. The molecule has 1 rings (SSSR count). The topological polar surface area (TPSA) is 62.4 Å². The molecule has 8 heteroatoms. The Morgan fingerprint density at radius 3 is 2.47 bits per heavy atom. The number of halogens is 3. The standard InChI is InChI=1S/C11H18F3N3O2/c1-3-17(4-2)6-5-9-15-10(19-16-9)7-8(18)11(12,13)14/h8,18H,3-7H2,1-2H3. The molecule has 1 aromatic heterocycles. The highest BCUT2D eigenvalue weighted by molar-refractivity contribution is 4.90. The van der Waals surface area contributed by atoms with Gasteiger partial charge in [0.15, 0.2) is 11.9 Å². The van der Waals surface area contributed by atoms with Crippen LogP contribution in [0.1, 0.15) is 25.6 Å². The molecule has 0 radical (unpaired) electrons. The second-order valence-electron chi connectivity index (χ2n) is 4.14. The molecule has 0 saturated heterocycles. The second-order valence-corrected chi connectivity index (χ2v) is 4.14. The largest absolute Gasteiger partial charge is 0.414 e. The summed E-state index contributed by atoms with van der Waals surface area (Å²) in [5.74, 6) is 0.163. The summed E-state index contributed by atoms with van der Waals surface area (Å²) >= 11 is 0. The number of hydrogen-bond acceptors (Lipinski definition) is 5. The number of alkyl halides is 3. The van der Waals surface area contributed by atoms with E-state index in [1.807, 2.05) is 13.8 Å². The van der Waals surface area contributed by atoms with Gasteiger partial charge in [0.25, 0.3) is 0 Å². The molecule has 0 aliphatic carbocycles. The minimum Gasteiger partial charge on any atom is -0.383 e. The summed E-state index contributed by atoms with van der Waals surface area (Å²) < 4.78 is 41.1. The molecular formula is C11H18F3N3O2. The average Bonchev–Trinajstić information content (AvgIpc) is 2.77. The van der Waals surface area contributed by atoms with E-state index in [1.165, 1.54) is 0 Å². The molecule has 0 amide bonds. The lowest BCUT2D eigenvalue weighted by Crippen LogP contribution is -2.30. The fourth-order valence-corrected chi connectivity index (χ4v) is 1.55. The molecule has 1 N–H and O–H groups in total. The maximum Gasteiger partial charge on any atom is 0.414 e. The predicted octanol–water partition coefficient (Wildman–Crippen LogP) is 1.42. The van der Waals surface area contributed by atoms with Crippen molar-refractivity contribution >= 4 is 0 Å². The van der Waals surface area contributed by atoms with Crippen molar-refractivity contribution < 1.29 is 22.8 Å². The number of rotatable bonds is 7. The highest BCUT2D eigenvalue weighted by Crippen LogP contribution is 2.22. The lowest BCUT2D eigenvalue weighted by Gasteiger charge is -2.16. The van der Waals surface area contributed by atoms with Crippen molar-refractivity contribution in [3.8, 4) is 0 Å². The normalized spacial score (nSPS) is 14.1. The third kappa shape index (κ3) is 5.15. The third-order valence-corrected chi connectivity index (χ3v) is 2.80. The number of aliphatic hydroxyl groups excluding tert-OH is 1. The fourth-order valence-electron chi connectivity index (χ4n) is 1.55. The van der Waals surface area contributed by atoms with Crippen LogP contribution in [-0.2, 0) is 12.8 Å². The van der Waals surface area contributed by atoms with E-state index in [0.717, 1.165) is 13.1 Å². The first-order chi connectivity index (χ1) is 8.86. The molecule has 0 spiro atoms. The molecule has 19 heavy (non-hydrogen) atoms. The van der Waals surface area contributed by atoms with Crippen LogP contribution in [0.2, 0.25) is 0 Å². The Bertz CT molecular complexity index is 378. The summed E-state index contributed by atoms with van der Waals surface area (Å²) in [6.07, 6.45) is -7.34. The van der Waals surface area contributed by atoms with Crippen LogP contribution in [0.25, 0.3) is 0 Å². The SMILES string of the molecule is CCN(CC)CCc1noc(CC(O)C(F)(F)F)n1. The molecule has 0 bridgehead atoms. The van der Waals surface area contributed by atoms with Gasteiger partial charge < -0.3 is 14.5 Å². The lowest BCUT2D eigenvalue weighted by molar-refractivity contribution is -0.204. The van der Waals surface area contributed by atoms with Crippen LogP contribution < -0.4 is 0 Å². The summed E-state index contributed by atoms with van der Waals surface area (Å²) in [4.78, 5) is 5.98. The van der Waals surface area contributed by atoms with E-state index in [-0.39, 0.29) is 5.89 Å². The summed E-state index contributed by atoms with van der Waals surface area (Å²) in [6.45, 7) is 6.52. The Labute approximate surface area is 109 Å². The molecular weight excluding hydrogens is 263 g/mol. The smallest absolute Gasteiger partial charge is 0.383 e. The molecule has 0 aliphatic heterocycles. The molecule has 1 aromatic rings. The summed E-state index contributed by atoms with van der Waals surface area (Å²) in [6, 6.07) is 0. The van der Waals surface area contributed by atoms with Crippen molar-refractivity contribution in [3.05, 3.63) is 11.7 Å². The first-order valence-corrected chi connectivity index (χ1v) is 6.15. The van der Waals surface area contributed by atoms with E-state index in [4.69, 9.17) is 9.63 Å². The third-order valence-electron chi connectivity index (χ3n) is 2.80. The van der Waals surface area contributed by atoms with Crippen LogP contribution in [0.5, 0.6) is 0 Å². The van der Waals surface area contributed by atoms with E-state index in [1.54, 1.807) is 0 Å². The van der Waals surface area contributed by atoms with Gasteiger partial charge in [-0.2, -0.15) is 18.2 Å². The number of likely N-dealkylation sites (N-methyl/N-ethyl adjacent to an activating group) is 1. The quantitative estimate of drug-likeness (QED) is 0.819. The number of hydrogen-bond donors (Lipinski definition) is 1. The van der Waals surface area contributed by atoms with Gasteiger partial charge in [-0.3, -0.25) is 0 Å². The van der Waals surface area contributed by atoms with E-state index < -0.39 is 18.7 Å². The maximum atomic E-state index is 12.1. The highest BCUT2D eigenvalue weighted by Gasteiger charge is 2.39. The molecule has 0 fully saturated rings. The average molecular weight is 281 g/mol. The van der Waals surface area contributed by atoms with Gasteiger partial charge in [0.05, 0.1) is 6.42 Å². The number of nitrogens with zero attached hydrogens (tertiary/aromatic N) is 3. The summed E-state index contributed by atoms with van der Waals surface area (Å²) in [7, 11) is 0. The first-order valence-electron chi connectivity index (χ1n) is 6.15. The minimum atomic E-state index is -4.67. The zero-order chi connectivity index (χ0) is 14.5. The van der Waals surface area contributed by atoms with Gasteiger partial charge in [0.2, 0.25) is 5.89 Å². The van der Waals surface area contributed by atoms with Gasteiger partial charge >= 0.3 is 6.18 Å². The molecule has 5 nitrogen and oxygen atoms in total. The van der Waals surface area contributed by atoms with Crippen LogP contribution in [0.4, 0.5) is 13.2 Å². The van der Waals surface area contributed by atoms with Crippen molar-refractivity contribution in [3.63, 3.8) is 0 Å². The Morgan fingerprint density at radius 2 is 1.95 bits per heavy atom. The molecule has 0 saturated carbocycles. The van der Waals surface area contributed by atoms with Gasteiger partial charge in [0, 0.05) is 13.0 Å². The zero-order valence-electron chi connectivity index (χ0n) is 10.9. The summed E-state index contributed by atoms with van der Waals surface area (Å²) in [5.41, 5.74) is 0. The Morgan fingerprint density at radius 1 is 1.32 bits per heavy atom. The minimum absolute atomic E-state index is 0.195. The number of aromatic nitrogens is 2. The first kappa shape index (κ1) is 15.9.